The van der Waals surface area contributed by atoms with Crippen LogP contribution in [-0.4, -0.2) is 20.1 Å². The molecule has 1 N–H and O–H groups in total. The SMILES string of the molecule is COc1cccc(OC)c1/C=C/C(=O)N[C@@H](C)c1ccc(F)cc1. The van der Waals surface area contributed by atoms with Crippen molar-refractivity contribution in [2.75, 3.05) is 14.2 Å². The molecule has 2 aromatic carbocycles. The molecule has 0 heterocycles. The van der Waals surface area contributed by atoms with Gasteiger partial charge in [-0.05, 0) is 42.8 Å². The third-order valence-electron chi connectivity index (χ3n) is 3.60. The fourth-order valence-corrected chi connectivity index (χ4v) is 2.30. The van der Waals surface area contributed by atoms with Crippen LogP contribution in [0.2, 0.25) is 0 Å². The summed E-state index contributed by atoms with van der Waals surface area (Å²) in [6.45, 7) is 1.84. The summed E-state index contributed by atoms with van der Waals surface area (Å²) in [6.07, 6.45) is 3.06. The van der Waals surface area contributed by atoms with E-state index in [0.717, 1.165) is 5.56 Å². The molecule has 1 amide bonds. The molecule has 0 bridgehead atoms. The van der Waals surface area contributed by atoms with Gasteiger partial charge in [-0.2, -0.15) is 0 Å². The third kappa shape index (κ3) is 4.35. The van der Waals surface area contributed by atoms with E-state index in [4.69, 9.17) is 9.47 Å². The van der Waals surface area contributed by atoms with E-state index >= 15 is 0 Å². The van der Waals surface area contributed by atoms with Crippen LogP contribution in [-0.2, 0) is 4.79 Å². The summed E-state index contributed by atoms with van der Waals surface area (Å²) in [5, 5.41) is 2.83. The molecule has 1 atom stereocenters. The fourth-order valence-electron chi connectivity index (χ4n) is 2.30. The van der Waals surface area contributed by atoms with Crippen molar-refractivity contribution in [3.63, 3.8) is 0 Å². The standard InChI is InChI=1S/C19H20FNO3/c1-13(14-7-9-15(20)10-8-14)21-19(22)12-11-16-17(23-2)5-4-6-18(16)24-3/h4-13H,1-3H3,(H,21,22)/b12-11+/t13-/m0/s1. The molecule has 0 aliphatic rings. The van der Waals surface area contributed by atoms with E-state index < -0.39 is 0 Å². The van der Waals surface area contributed by atoms with Gasteiger partial charge in [0.05, 0.1) is 25.8 Å². The number of hydrogen-bond donors (Lipinski definition) is 1. The Kier molecular flexibility index (Phi) is 5.95. The van der Waals surface area contributed by atoms with Crippen molar-refractivity contribution in [2.45, 2.75) is 13.0 Å². The first-order valence-corrected chi connectivity index (χ1v) is 7.50. The summed E-state index contributed by atoms with van der Waals surface area (Å²) in [6, 6.07) is 11.2. The predicted molar refractivity (Wildman–Crippen MR) is 91.5 cm³/mol. The van der Waals surface area contributed by atoms with Crippen LogP contribution in [0.15, 0.2) is 48.5 Å². The van der Waals surface area contributed by atoms with Gasteiger partial charge in [0.25, 0.3) is 0 Å². The summed E-state index contributed by atoms with van der Waals surface area (Å²) < 4.78 is 23.5. The fraction of sp³-hybridized carbons (Fsp3) is 0.211. The van der Waals surface area contributed by atoms with E-state index in [0.29, 0.717) is 17.1 Å². The number of nitrogens with one attached hydrogen (secondary N) is 1. The van der Waals surface area contributed by atoms with Gasteiger partial charge < -0.3 is 14.8 Å². The summed E-state index contributed by atoms with van der Waals surface area (Å²) >= 11 is 0. The first-order valence-electron chi connectivity index (χ1n) is 7.50. The average Bonchev–Trinajstić information content (AvgIpc) is 2.59. The molecule has 0 radical (unpaired) electrons. The first-order chi connectivity index (χ1) is 11.5. The Morgan fingerprint density at radius 2 is 1.67 bits per heavy atom. The van der Waals surface area contributed by atoms with E-state index in [-0.39, 0.29) is 17.8 Å². The van der Waals surface area contributed by atoms with Crippen molar-refractivity contribution in [3.05, 3.63) is 65.5 Å². The minimum Gasteiger partial charge on any atom is -0.496 e. The minimum absolute atomic E-state index is 0.234. The number of rotatable bonds is 6. The van der Waals surface area contributed by atoms with Crippen LogP contribution in [0.3, 0.4) is 0 Å². The smallest absolute Gasteiger partial charge is 0.244 e. The Labute approximate surface area is 140 Å². The van der Waals surface area contributed by atoms with Gasteiger partial charge in [-0.1, -0.05) is 18.2 Å². The van der Waals surface area contributed by atoms with Gasteiger partial charge in [0.2, 0.25) is 5.91 Å². The molecule has 2 rings (SSSR count). The highest BCUT2D eigenvalue weighted by atomic mass is 19.1. The van der Waals surface area contributed by atoms with E-state index in [1.165, 1.54) is 18.2 Å². The lowest BCUT2D eigenvalue weighted by Gasteiger charge is -2.13. The Morgan fingerprint density at radius 1 is 1.08 bits per heavy atom. The predicted octanol–water partition coefficient (Wildman–Crippen LogP) is 3.73. The molecule has 0 saturated heterocycles. The molecule has 0 saturated carbocycles. The van der Waals surface area contributed by atoms with Gasteiger partial charge in [-0.15, -0.1) is 0 Å². The normalized spacial score (nSPS) is 12.0. The summed E-state index contributed by atoms with van der Waals surface area (Å²) in [4.78, 5) is 12.1. The van der Waals surface area contributed by atoms with Crippen molar-refractivity contribution < 1.29 is 18.7 Å². The zero-order chi connectivity index (χ0) is 17.5. The molecule has 0 aliphatic heterocycles. The van der Waals surface area contributed by atoms with E-state index in [1.54, 1.807) is 44.6 Å². The molecule has 0 aliphatic carbocycles. The van der Waals surface area contributed by atoms with Crippen molar-refractivity contribution in [2.24, 2.45) is 0 Å². The number of carbonyl (C=O) groups is 1. The Bertz CT molecular complexity index is 704. The molecule has 5 heteroatoms. The highest BCUT2D eigenvalue weighted by molar-refractivity contribution is 5.92. The monoisotopic (exact) mass is 329 g/mol. The number of methoxy groups -OCH3 is 2. The van der Waals surface area contributed by atoms with Crippen molar-refractivity contribution in [1.29, 1.82) is 0 Å². The second-order valence-electron chi connectivity index (χ2n) is 5.19. The molecule has 0 unspecified atom stereocenters. The summed E-state index contributed by atoms with van der Waals surface area (Å²) in [7, 11) is 3.12. The number of benzene rings is 2. The molecule has 4 nitrogen and oxygen atoms in total. The lowest BCUT2D eigenvalue weighted by molar-refractivity contribution is -0.117. The lowest BCUT2D eigenvalue weighted by Crippen LogP contribution is -2.24. The van der Waals surface area contributed by atoms with Gasteiger partial charge in [-0.25, -0.2) is 4.39 Å². The molecule has 2 aromatic rings. The maximum Gasteiger partial charge on any atom is 0.244 e. The van der Waals surface area contributed by atoms with Crippen molar-refractivity contribution in [3.8, 4) is 11.5 Å². The average molecular weight is 329 g/mol. The molecule has 24 heavy (non-hydrogen) atoms. The summed E-state index contributed by atoms with van der Waals surface area (Å²) in [5.41, 5.74) is 1.51. The van der Waals surface area contributed by atoms with Gasteiger partial charge in [-0.3, -0.25) is 4.79 Å². The zero-order valence-corrected chi connectivity index (χ0v) is 13.9. The second kappa shape index (κ2) is 8.15. The van der Waals surface area contributed by atoms with Gasteiger partial charge in [0.1, 0.15) is 17.3 Å². The van der Waals surface area contributed by atoms with Gasteiger partial charge in [0.15, 0.2) is 0 Å². The van der Waals surface area contributed by atoms with Gasteiger partial charge >= 0.3 is 0 Å². The Balaban J connectivity index is 2.09. The van der Waals surface area contributed by atoms with Crippen LogP contribution in [0.5, 0.6) is 11.5 Å². The van der Waals surface area contributed by atoms with E-state index in [2.05, 4.69) is 5.32 Å². The Hall–Kier alpha value is -2.82. The maximum absolute atomic E-state index is 12.9. The highest BCUT2D eigenvalue weighted by Crippen LogP contribution is 2.29. The quantitative estimate of drug-likeness (QED) is 0.822. The van der Waals surface area contributed by atoms with Crippen LogP contribution in [0, 0.1) is 5.82 Å². The third-order valence-corrected chi connectivity index (χ3v) is 3.60. The number of ether oxygens (including phenoxy) is 2. The largest absolute Gasteiger partial charge is 0.496 e. The van der Waals surface area contributed by atoms with Crippen LogP contribution in [0.1, 0.15) is 24.1 Å². The lowest BCUT2D eigenvalue weighted by atomic mass is 10.1. The minimum atomic E-state index is -0.305. The van der Waals surface area contributed by atoms with Crippen LogP contribution < -0.4 is 14.8 Å². The second-order valence-corrected chi connectivity index (χ2v) is 5.19. The van der Waals surface area contributed by atoms with Crippen LogP contribution >= 0.6 is 0 Å². The molecule has 0 fully saturated rings. The van der Waals surface area contributed by atoms with Crippen molar-refractivity contribution >= 4 is 12.0 Å². The highest BCUT2D eigenvalue weighted by Gasteiger charge is 2.10. The number of hydrogen-bond acceptors (Lipinski definition) is 3. The molecule has 126 valence electrons. The van der Waals surface area contributed by atoms with Crippen LogP contribution in [0.4, 0.5) is 4.39 Å². The molecule has 0 aromatic heterocycles. The topological polar surface area (TPSA) is 47.6 Å². The first kappa shape index (κ1) is 17.5. The number of carbonyl (C=O) groups excluding carboxylic acids is 1. The summed E-state index contributed by atoms with van der Waals surface area (Å²) in [5.74, 6) is 0.662. The zero-order valence-electron chi connectivity index (χ0n) is 13.9. The number of amides is 1. The van der Waals surface area contributed by atoms with Crippen LogP contribution in [0.25, 0.3) is 6.08 Å². The maximum atomic E-state index is 12.9. The van der Waals surface area contributed by atoms with Gasteiger partial charge in [0, 0.05) is 6.08 Å². The van der Waals surface area contributed by atoms with Crippen molar-refractivity contribution in [1.82, 2.24) is 5.32 Å². The van der Waals surface area contributed by atoms with E-state index in [1.807, 2.05) is 13.0 Å². The molecule has 0 spiro atoms. The van der Waals surface area contributed by atoms with E-state index in [9.17, 15) is 9.18 Å². The number of halogens is 1. The molecular weight excluding hydrogens is 309 g/mol. The molecular formula is C19H20FNO3. The Morgan fingerprint density at radius 3 is 2.21 bits per heavy atom.